The molecule has 7 nitrogen and oxygen atoms in total. The van der Waals surface area contributed by atoms with Crippen molar-refractivity contribution in [3.8, 4) is 0 Å². The van der Waals surface area contributed by atoms with Gasteiger partial charge in [-0.2, -0.15) is 0 Å². The first kappa shape index (κ1) is 15.7. The lowest BCUT2D eigenvalue weighted by Gasteiger charge is -2.04. The summed E-state index contributed by atoms with van der Waals surface area (Å²) in [5.74, 6) is -0.337. The van der Waals surface area contributed by atoms with Crippen LogP contribution in [0, 0.1) is 15.5 Å². The molecule has 0 bridgehead atoms. The summed E-state index contributed by atoms with van der Waals surface area (Å²) in [7, 11) is 1.25. The van der Waals surface area contributed by atoms with E-state index in [1.807, 2.05) is 0 Å². The van der Waals surface area contributed by atoms with Crippen LogP contribution in [0.4, 0.5) is 5.69 Å². The van der Waals surface area contributed by atoms with Crippen molar-refractivity contribution in [2.24, 2.45) is 5.73 Å². The first-order valence-electron chi connectivity index (χ1n) is 5.44. The maximum atomic E-state index is 11.6. The van der Waals surface area contributed by atoms with Gasteiger partial charge in [-0.25, -0.2) is 4.79 Å². The minimum absolute atomic E-state index is 0.0279. The van der Waals surface area contributed by atoms with E-state index in [0.717, 1.165) is 11.8 Å². The molecule has 20 heavy (non-hydrogen) atoms. The second-order valence-corrected chi connectivity index (χ2v) is 4.68. The molecule has 0 aliphatic heterocycles. The molecule has 0 spiro atoms. The Morgan fingerprint density at radius 3 is 2.55 bits per heavy atom. The molecule has 0 fully saturated rings. The number of nitrogens with two attached hydrogens (primary N) is 1. The molecule has 0 unspecified atom stereocenters. The first-order valence-corrected chi connectivity index (χ1v) is 6.42. The van der Waals surface area contributed by atoms with Gasteiger partial charge in [-0.3, -0.25) is 15.5 Å². The molecule has 0 atom stereocenters. The van der Waals surface area contributed by atoms with E-state index in [1.54, 1.807) is 6.08 Å². The number of esters is 1. The van der Waals surface area contributed by atoms with Gasteiger partial charge < -0.3 is 10.5 Å². The van der Waals surface area contributed by atoms with Gasteiger partial charge in [0.1, 0.15) is 0 Å². The second kappa shape index (κ2) is 7.29. The van der Waals surface area contributed by atoms with E-state index < -0.39 is 10.9 Å². The van der Waals surface area contributed by atoms with Crippen LogP contribution in [0.1, 0.15) is 5.56 Å². The summed E-state index contributed by atoms with van der Waals surface area (Å²) in [5, 5.41) is 17.6. The lowest BCUT2D eigenvalue weighted by molar-refractivity contribution is -0.384. The van der Waals surface area contributed by atoms with E-state index >= 15 is 0 Å². The van der Waals surface area contributed by atoms with Crippen LogP contribution in [0.15, 0.2) is 29.8 Å². The molecule has 0 saturated carbocycles. The lowest BCUT2D eigenvalue weighted by atomic mass is 10.1. The fraction of sp³-hybridized carbons (Fsp3) is 0.167. The van der Waals surface area contributed by atoms with Crippen molar-refractivity contribution in [3.63, 3.8) is 0 Å². The minimum atomic E-state index is -0.530. The summed E-state index contributed by atoms with van der Waals surface area (Å²) in [6.07, 6.45) is 1.55. The molecule has 1 rings (SSSR count). The molecule has 3 N–H and O–H groups in total. The van der Waals surface area contributed by atoms with E-state index in [1.165, 1.54) is 31.4 Å². The highest BCUT2D eigenvalue weighted by Crippen LogP contribution is 2.17. The molecule has 0 aromatic heterocycles. The highest BCUT2D eigenvalue weighted by Gasteiger charge is 2.11. The zero-order chi connectivity index (χ0) is 15.1. The van der Waals surface area contributed by atoms with E-state index in [9.17, 15) is 14.9 Å². The molecule has 1 aromatic carbocycles. The Hall–Kier alpha value is -2.35. The third-order valence-corrected chi connectivity index (χ3v) is 3.04. The quantitative estimate of drug-likeness (QED) is 0.213. The number of non-ortho nitro benzene ring substituents is 1. The van der Waals surface area contributed by atoms with Crippen LogP contribution < -0.4 is 5.73 Å². The Kier molecular flexibility index (Phi) is 5.73. The number of ether oxygens (including phenoxy) is 1. The number of rotatable bonds is 5. The largest absolute Gasteiger partial charge is 0.466 e. The summed E-state index contributed by atoms with van der Waals surface area (Å²) < 4.78 is 4.64. The van der Waals surface area contributed by atoms with Gasteiger partial charge in [0.2, 0.25) is 0 Å². The van der Waals surface area contributed by atoms with Crippen molar-refractivity contribution in [2.75, 3.05) is 12.9 Å². The number of hydrogen-bond acceptors (Lipinski definition) is 6. The molecule has 0 amide bonds. The minimum Gasteiger partial charge on any atom is -0.466 e. The topological polar surface area (TPSA) is 119 Å². The highest BCUT2D eigenvalue weighted by molar-refractivity contribution is 8.13. The third kappa shape index (κ3) is 4.73. The van der Waals surface area contributed by atoms with E-state index in [4.69, 9.17) is 11.1 Å². The Morgan fingerprint density at radius 1 is 1.50 bits per heavy atom. The fourth-order valence-electron chi connectivity index (χ4n) is 1.34. The van der Waals surface area contributed by atoms with Gasteiger partial charge in [-0.15, -0.1) is 0 Å². The van der Waals surface area contributed by atoms with Crippen molar-refractivity contribution in [2.45, 2.75) is 0 Å². The average Bonchev–Trinajstić information content (AvgIpc) is 2.42. The summed E-state index contributed by atoms with van der Waals surface area (Å²) in [4.78, 5) is 21.6. The van der Waals surface area contributed by atoms with Crippen LogP contribution in [0.25, 0.3) is 6.08 Å². The summed E-state index contributed by atoms with van der Waals surface area (Å²) in [6.45, 7) is 0. The van der Waals surface area contributed by atoms with Crippen molar-refractivity contribution < 1.29 is 14.5 Å². The summed E-state index contributed by atoms with van der Waals surface area (Å²) in [6, 6.07) is 5.75. The van der Waals surface area contributed by atoms with E-state index in [0.29, 0.717) is 11.1 Å². The van der Waals surface area contributed by atoms with Crippen LogP contribution in [-0.4, -0.2) is 28.9 Å². The smallest absolute Gasteiger partial charge is 0.334 e. The Morgan fingerprint density at radius 2 is 2.10 bits per heavy atom. The summed E-state index contributed by atoms with van der Waals surface area (Å²) in [5.41, 5.74) is 6.14. The molecule has 0 aliphatic rings. The van der Waals surface area contributed by atoms with Crippen LogP contribution in [0.5, 0.6) is 0 Å². The molecule has 0 heterocycles. The second-order valence-electron chi connectivity index (χ2n) is 3.66. The normalized spacial score (nSPS) is 10.9. The number of amidine groups is 1. The van der Waals surface area contributed by atoms with Gasteiger partial charge in [-0.1, -0.05) is 11.8 Å². The van der Waals surface area contributed by atoms with Crippen LogP contribution in [0.3, 0.4) is 0 Å². The zero-order valence-corrected chi connectivity index (χ0v) is 11.5. The average molecular weight is 295 g/mol. The molecular formula is C12H13N3O4S. The number of nitrogens with zero attached hydrogens (tertiary/aromatic N) is 1. The van der Waals surface area contributed by atoms with Gasteiger partial charge in [0, 0.05) is 23.5 Å². The van der Waals surface area contributed by atoms with Gasteiger partial charge in [0.15, 0.2) is 5.17 Å². The number of hydrogen-bond donors (Lipinski definition) is 2. The predicted molar refractivity (Wildman–Crippen MR) is 77.5 cm³/mol. The van der Waals surface area contributed by atoms with E-state index in [-0.39, 0.29) is 16.6 Å². The van der Waals surface area contributed by atoms with Gasteiger partial charge >= 0.3 is 5.97 Å². The fourth-order valence-corrected chi connectivity index (χ4v) is 1.85. The molecule has 0 aliphatic carbocycles. The van der Waals surface area contributed by atoms with Crippen LogP contribution in [-0.2, 0) is 9.53 Å². The molecule has 0 radical (unpaired) electrons. The third-order valence-electron chi connectivity index (χ3n) is 2.28. The number of nitrogens with one attached hydrogen (secondary N) is 1. The number of benzene rings is 1. The molecule has 0 saturated heterocycles. The van der Waals surface area contributed by atoms with E-state index in [2.05, 4.69) is 4.74 Å². The van der Waals surface area contributed by atoms with Crippen LogP contribution in [0.2, 0.25) is 0 Å². The van der Waals surface area contributed by atoms with Crippen molar-refractivity contribution in [1.82, 2.24) is 0 Å². The number of carbonyl (C=O) groups is 1. The number of carbonyl (C=O) groups excluding carboxylic acids is 1. The lowest BCUT2D eigenvalue weighted by Crippen LogP contribution is -2.11. The molecule has 106 valence electrons. The predicted octanol–water partition coefficient (Wildman–Crippen LogP) is 1.78. The SMILES string of the molecule is COC(=O)/C(=C/c1ccc([N+](=O)[O-])cc1)CSC(=N)N. The Bertz CT molecular complexity index is 554. The standard InChI is InChI=1S/C12H13N3O4S/c1-19-11(16)9(7-20-12(13)14)6-8-2-4-10(5-3-8)15(17)18/h2-6H,7H2,1H3,(H3,13,14)/b9-6+. The number of thioether (sulfide) groups is 1. The van der Waals surface area contributed by atoms with Gasteiger partial charge in [0.05, 0.1) is 12.0 Å². The monoisotopic (exact) mass is 295 g/mol. The van der Waals surface area contributed by atoms with Gasteiger partial charge in [-0.05, 0) is 23.8 Å². The maximum absolute atomic E-state index is 11.6. The number of methoxy groups -OCH3 is 1. The van der Waals surface area contributed by atoms with Crippen molar-refractivity contribution >= 4 is 34.7 Å². The Balaban J connectivity index is 2.96. The van der Waals surface area contributed by atoms with Crippen LogP contribution >= 0.6 is 11.8 Å². The van der Waals surface area contributed by atoms with Crippen molar-refractivity contribution in [1.29, 1.82) is 5.41 Å². The van der Waals surface area contributed by atoms with Crippen molar-refractivity contribution in [3.05, 3.63) is 45.5 Å². The number of nitro groups is 1. The van der Waals surface area contributed by atoms with Gasteiger partial charge in [0.25, 0.3) is 5.69 Å². The first-order chi connectivity index (χ1) is 9.43. The highest BCUT2D eigenvalue weighted by atomic mass is 32.2. The zero-order valence-electron chi connectivity index (χ0n) is 10.7. The molecule has 1 aromatic rings. The number of nitro benzene ring substituents is 1. The molecule has 8 heteroatoms. The summed E-state index contributed by atoms with van der Waals surface area (Å²) >= 11 is 0.994. The maximum Gasteiger partial charge on any atom is 0.334 e. The molecular weight excluding hydrogens is 282 g/mol. The Labute approximate surface area is 119 Å².